The van der Waals surface area contributed by atoms with Crippen molar-refractivity contribution in [2.75, 3.05) is 13.1 Å². The topological polar surface area (TPSA) is 74.8 Å². The van der Waals surface area contributed by atoms with E-state index in [1.54, 1.807) is 30.5 Å². The van der Waals surface area contributed by atoms with Crippen molar-refractivity contribution >= 4 is 5.91 Å². The van der Waals surface area contributed by atoms with Crippen LogP contribution in [0.5, 0.6) is 0 Å². The van der Waals surface area contributed by atoms with Gasteiger partial charge in [0, 0.05) is 48.5 Å². The molecule has 4 rings (SSSR count). The summed E-state index contributed by atoms with van der Waals surface area (Å²) in [7, 11) is 0. The summed E-state index contributed by atoms with van der Waals surface area (Å²) in [6.45, 7) is 3.43. The lowest BCUT2D eigenvalue weighted by molar-refractivity contribution is 0.0679. The molecule has 0 spiro atoms. The van der Waals surface area contributed by atoms with E-state index in [0.29, 0.717) is 17.7 Å². The van der Waals surface area contributed by atoms with Gasteiger partial charge in [-0.25, -0.2) is 4.98 Å². The van der Waals surface area contributed by atoms with Crippen LogP contribution in [-0.2, 0) is 0 Å². The number of piperidine rings is 1. The molecular formula is C22H21N5O. The summed E-state index contributed by atoms with van der Waals surface area (Å²) in [6, 6.07) is 13.0. The molecule has 1 amide bonds. The molecule has 2 aromatic heterocycles. The maximum Gasteiger partial charge on any atom is 0.253 e. The van der Waals surface area contributed by atoms with Gasteiger partial charge < -0.3 is 9.47 Å². The number of hydrogen-bond acceptors (Lipinski definition) is 4. The van der Waals surface area contributed by atoms with Gasteiger partial charge in [-0.3, -0.25) is 9.78 Å². The highest BCUT2D eigenvalue weighted by Crippen LogP contribution is 2.29. The zero-order chi connectivity index (χ0) is 19.5. The fourth-order valence-corrected chi connectivity index (χ4v) is 3.84. The number of likely N-dealkylation sites (tertiary alicyclic amines) is 1. The Morgan fingerprint density at radius 3 is 2.75 bits per heavy atom. The molecule has 0 saturated carbocycles. The summed E-state index contributed by atoms with van der Waals surface area (Å²) in [4.78, 5) is 23.7. The molecule has 0 bridgehead atoms. The number of carbonyl (C=O) groups is 1. The highest BCUT2D eigenvalue weighted by molar-refractivity contribution is 5.94. The molecule has 1 aromatic carbocycles. The number of aryl methyl sites for hydroxylation is 1. The number of carbonyl (C=O) groups excluding carboxylic acids is 1. The lowest BCUT2D eigenvalue weighted by Crippen LogP contribution is -2.41. The van der Waals surface area contributed by atoms with E-state index in [0.717, 1.165) is 36.5 Å². The van der Waals surface area contributed by atoms with Crippen LogP contribution >= 0.6 is 0 Å². The van der Waals surface area contributed by atoms with Gasteiger partial charge in [0.25, 0.3) is 5.91 Å². The minimum absolute atomic E-state index is 0.00915. The van der Waals surface area contributed by atoms with Gasteiger partial charge in [-0.05, 0) is 56.2 Å². The van der Waals surface area contributed by atoms with Crippen LogP contribution in [0, 0.1) is 18.3 Å². The molecule has 3 heterocycles. The number of imidazole rings is 1. The first-order chi connectivity index (χ1) is 13.7. The first-order valence-electron chi connectivity index (χ1n) is 9.41. The third-order valence-electron chi connectivity index (χ3n) is 5.21. The summed E-state index contributed by atoms with van der Waals surface area (Å²) in [5.74, 6) is 0.901. The molecular weight excluding hydrogens is 350 g/mol. The van der Waals surface area contributed by atoms with Crippen LogP contribution < -0.4 is 0 Å². The maximum atomic E-state index is 13.0. The van der Waals surface area contributed by atoms with Gasteiger partial charge in [-0.15, -0.1) is 0 Å². The molecule has 1 aliphatic rings. The summed E-state index contributed by atoms with van der Waals surface area (Å²) < 4.78 is 2.23. The largest absolute Gasteiger partial charge is 0.337 e. The van der Waals surface area contributed by atoms with Gasteiger partial charge in [-0.2, -0.15) is 5.26 Å². The highest BCUT2D eigenvalue weighted by Gasteiger charge is 2.28. The second-order valence-corrected chi connectivity index (χ2v) is 7.07. The third-order valence-corrected chi connectivity index (χ3v) is 5.21. The van der Waals surface area contributed by atoms with Gasteiger partial charge in [0.1, 0.15) is 5.82 Å². The van der Waals surface area contributed by atoms with Crippen molar-refractivity contribution in [3.05, 3.63) is 71.8 Å². The number of amides is 1. The van der Waals surface area contributed by atoms with Crippen molar-refractivity contribution in [2.45, 2.75) is 25.8 Å². The van der Waals surface area contributed by atoms with Gasteiger partial charge in [0.2, 0.25) is 0 Å². The maximum absolute atomic E-state index is 13.0. The van der Waals surface area contributed by atoms with Crippen LogP contribution in [0.3, 0.4) is 0 Å². The predicted octanol–water partition coefficient (Wildman–Crippen LogP) is 3.60. The Kier molecular flexibility index (Phi) is 4.90. The standard InChI is InChI=1S/C22H21N5O/c1-16-13-25-21(19-4-2-10-24-14-19)27(16)20-5-3-11-26(15-20)22(28)18-8-6-17(12-23)7-9-18/h2,4,6-10,13-14,20H,3,5,11,15H2,1H3. The molecule has 6 nitrogen and oxygen atoms in total. The fraction of sp³-hybridized carbons (Fsp3) is 0.273. The zero-order valence-corrected chi connectivity index (χ0v) is 15.7. The van der Waals surface area contributed by atoms with Crippen LogP contribution in [0.1, 0.15) is 40.5 Å². The fourth-order valence-electron chi connectivity index (χ4n) is 3.84. The van der Waals surface area contributed by atoms with E-state index >= 15 is 0 Å². The van der Waals surface area contributed by atoms with E-state index in [1.165, 1.54) is 0 Å². The number of pyridine rings is 1. The van der Waals surface area contributed by atoms with Crippen molar-refractivity contribution in [3.63, 3.8) is 0 Å². The molecule has 0 radical (unpaired) electrons. The van der Waals surface area contributed by atoms with Crippen molar-refractivity contribution in [3.8, 4) is 17.5 Å². The Balaban J connectivity index is 1.59. The Bertz CT molecular complexity index is 1020. The second-order valence-electron chi connectivity index (χ2n) is 7.07. The van der Waals surface area contributed by atoms with Crippen LogP contribution in [0.4, 0.5) is 0 Å². The first-order valence-corrected chi connectivity index (χ1v) is 9.41. The van der Waals surface area contributed by atoms with Crippen molar-refractivity contribution in [1.82, 2.24) is 19.4 Å². The minimum Gasteiger partial charge on any atom is -0.337 e. The molecule has 1 unspecified atom stereocenters. The first kappa shape index (κ1) is 17.9. The highest BCUT2D eigenvalue weighted by atomic mass is 16.2. The van der Waals surface area contributed by atoms with Crippen molar-refractivity contribution in [2.24, 2.45) is 0 Å². The van der Waals surface area contributed by atoms with E-state index in [4.69, 9.17) is 5.26 Å². The molecule has 3 aromatic rings. The molecule has 1 saturated heterocycles. The lowest BCUT2D eigenvalue weighted by Gasteiger charge is -2.35. The number of nitrogens with zero attached hydrogens (tertiary/aromatic N) is 5. The minimum atomic E-state index is 0.00915. The van der Waals surface area contributed by atoms with E-state index in [-0.39, 0.29) is 11.9 Å². The van der Waals surface area contributed by atoms with Crippen LogP contribution in [0.25, 0.3) is 11.4 Å². The van der Waals surface area contributed by atoms with Gasteiger partial charge in [0.05, 0.1) is 17.7 Å². The third kappa shape index (κ3) is 3.39. The summed E-state index contributed by atoms with van der Waals surface area (Å²) in [5.41, 5.74) is 3.24. The monoisotopic (exact) mass is 371 g/mol. The zero-order valence-electron chi connectivity index (χ0n) is 15.7. The SMILES string of the molecule is Cc1cnc(-c2cccnc2)n1C1CCCN(C(=O)c2ccc(C#N)cc2)C1. The van der Waals surface area contributed by atoms with E-state index < -0.39 is 0 Å². The lowest BCUT2D eigenvalue weighted by atomic mass is 10.0. The average molecular weight is 371 g/mol. The van der Waals surface area contributed by atoms with Crippen LogP contribution in [0.15, 0.2) is 55.0 Å². The van der Waals surface area contributed by atoms with Crippen LogP contribution in [0.2, 0.25) is 0 Å². The van der Waals surface area contributed by atoms with Crippen molar-refractivity contribution < 1.29 is 4.79 Å². The Hall–Kier alpha value is -3.46. The Morgan fingerprint density at radius 1 is 1.21 bits per heavy atom. The molecule has 0 N–H and O–H groups in total. The predicted molar refractivity (Wildman–Crippen MR) is 106 cm³/mol. The number of hydrogen-bond donors (Lipinski definition) is 0. The molecule has 28 heavy (non-hydrogen) atoms. The van der Waals surface area contributed by atoms with E-state index in [9.17, 15) is 4.79 Å². The van der Waals surface area contributed by atoms with Crippen LogP contribution in [-0.4, -0.2) is 38.4 Å². The molecule has 1 fully saturated rings. The normalized spacial score (nSPS) is 16.6. The molecule has 1 aliphatic heterocycles. The number of aromatic nitrogens is 3. The Morgan fingerprint density at radius 2 is 2.04 bits per heavy atom. The van der Waals surface area contributed by atoms with Gasteiger partial charge in [-0.1, -0.05) is 0 Å². The summed E-state index contributed by atoms with van der Waals surface area (Å²) in [6.07, 6.45) is 7.39. The molecule has 0 aliphatic carbocycles. The molecule has 140 valence electrons. The van der Waals surface area contributed by atoms with Crippen molar-refractivity contribution in [1.29, 1.82) is 5.26 Å². The van der Waals surface area contributed by atoms with E-state index in [1.807, 2.05) is 36.4 Å². The second kappa shape index (κ2) is 7.65. The molecule has 6 heteroatoms. The average Bonchev–Trinajstić information content (AvgIpc) is 3.15. The molecule has 1 atom stereocenters. The quantitative estimate of drug-likeness (QED) is 0.705. The van der Waals surface area contributed by atoms with E-state index in [2.05, 4.69) is 20.6 Å². The summed E-state index contributed by atoms with van der Waals surface area (Å²) in [5, 5.41) is 8.94. The number of nitriles is 1. The van der Waals surface area contributed by atoms with Gasteiger partial charge in [0.15, 0.2) is 0 Å². The number of rotatable bonds is 3. The number of benzene rings is 1. The Labute approximate surface area is 164 Å². The summed E-state index contributed by atoms with van der Waals surface area (Å²) >= 11 is 0. The van der Waals surface area contributed by atoms with Gasteiger partial charge >= 0.3 is 0 Å². The smallest absolute Gasteiger partial charge is 0.253 e.